The zero-order valence-electron chi connectivity index (χ0n) is 9.06. The Morgan fingerprint density at radius 2 is 2.14 bits per heavy atom. The molecule has 1 aliphatic rings. The van der Waals surface area contributed by atoms with E-state index in [4.69, 9.17) is 0 Å². The zero-order chi connectivity index (χ0) is 10.3. The third-order valence-electron chi connectivity index (χ3n) is 3.49. The fourth-order valence-corrected chi connectivity index (χ4v) is 4.55. The maximum absolute atomic E-state index is 3.90. The molecular weight excluding hydrogens is 256 g/mol. The van der Waals surface area contributed by atoms with Crippen LogP contribution >= 0.6 is 27.3 Å². The fraction of sp³-hybridized carbons (Fsp3) is 0.667. The highest BCUT2D eigenvalue weighted by atomic mass is 79.9. The van der Waals surface area contributed by atoms with Crippen molar-refractivity contribution in [1.82, 2.24) is 0 Å². The summed E-state index contributed by atoms with van der Waals surface area (Å²) >= 11 is 5.82. The lowest BCUT2D eigenvalue weighted by Crippen LogP contribution is -2.07. The van der Waals surface area contributed by atoms with Gasteiger partial charge in [0.05, 0.1) is 0 Å². The molecule has 1 aromatic heterocycles. The van der Waals surface area contributed by atoms with Crippen LogP contribution in [-0.4, -0.2) is 0 Å². The summed E-state index contributed by atoms with van der Waals surface area (Å²) in [7, 11) is 0. The summed E-state index contributed by atoms with van der Waals surface area (Å²) in [6.07, 6.45) is 4.10. The van der Waals surface area contributed by atoms with Gasteiger partial charge in [-0.3, -0.25) is 0 Å². The lowest BCUT2D eigenvalue weighted by molar-refractivity contribution is 0.484. The van der Waals surface area contributed by atoms with E-state index in [0.29, 0.717) is 10.2 Å². The molecule has 1 atom stereocenters. The highest BCUT2D eigenvalue weighted by Crippen LogP contribution is 2.61. The smallest absolute Gasteiger partial charge is 0.0462 e. The number of halogens is 1. The summed E-state index contributed by atoms with van der Waals surface area (Å²) in [6.45, 7) is 6.76. The highest BCUT2D eigenvalue weighted by Gasteiger charge is 2.47. The second-order valence-electron chi connectivity index (χ2n) is 4.45. The quantitative estimate of drug-likeness (QED) is 0.680. The van der Waals surface area contributed by atoms with Gasteiger partial charge in [-0.05, 0) is 50.2 Å². The molecule has 0 radical (unpaired) electrons. The summed E-state index contributed by atoms with van der Waals surface area (Å²) in [5.74, 6) is 0. The lowest BCUT2D eigenvalue weighted by Gasteiger charge is -2.20. The van der Waals surface area contributed by atoms with Gasteiger partial charge < -0.3 is 0 Å². The Morgan fingerprint density at radius 3 is 2.50 bits per heavy atom. The van der Waals surface area contributed by atoms with Crippen molar-refractivity contribution >= 4 is 27.3 Å². The summed E-state index contributed by atoms with van der Waals surface area (Å²) < 4.78 is 0. The van der Waals surface area contributed by atoms with Crippen LogP contribution < -0.4 is 0 Å². The molecule has 0 spiro atoms. The predicted octanol–water partition coefficient (Wildman–Crippen LogP) is 4.99. The van der Waals surface area contributed by atoms with Crippen molar-refractivity contribution in [3.63, 3.8) is 0 Å². The molecule has 2 rings (SSSR count). The van der Waals surface area contributed by atoms with Gasteiger partial charge in [0, 0.05) is 14.6 Å². The molecule has 0 amide bonds. The van der Waals surface area contributed by atoms with Crippen molar-refractivity contribution in [2.75, 3.05) is 0 Å². The molecule has 1 fully saturated rings. The molecule has 78 valence electrons. The van der Waals surface area contributed by atoms with Gasteiger partial charge in [0.1, 0.15) is 0 Å². The number of hydrogen-bond donors (Lipinski definition) is 0. The van der Waals surface area contributed by atoms with Crippen molar-refractivity contribution in [2.45, 2.75) is 44.9 Å². The Balaban J connectivity index is 2.27. The largest absolute Gasteiger partial charge is 0.146 e. The number of hydrogen-bond acceptors (Lipinski definition) is 1. The lowest BCUT2D eigenvalue weighted by atomic mass is 9.94. The van der Waals surface area contributed by atoms with Crippen LogP contribution in [0.25, 0.3) is 0 Å². The van der Waals surface area contributed by atoms with Crippen molar-refractivity contribution in [3.05, 3.63) is 21.4 Å². The van der Waals surface area contributed by atoms with Gasteiger partial charge in [-0.15, -0.1) is 11.3 Å². The molecule has 1 saturated carbocycles. The number of alkyl halides is 1. The molecule has 0 saturated heterocycles. The minimum absolute atomic E-state index is 0.582. The van der Waals surface area contributed by atoms with Crippen LogP contribution in [0.1, 0.15) is 46.3 Å². The van der Waals surface area contributed by atoms with Crippen LogP contribution in [-0.2, 0) is 0 Å². The third kappa shape index (κ3) is 1.67. The maximum atomic E-state index is 3.90. The molecule has 0 N–H and O–H groups in total. The van der Waals surface area contributed by atoms with Crippen molar-refractivity contribution in [1.29, 1.82) is 0 Å². The molecule has 0 aromatic carbocycles. The van der Waals surface area contributed by atoms with E-state index in [0.717, 1.165) is 0 Å². The molecule has 1 unspecified atom stereocenters. The first-order valence-electron chi connectivity index (χ1n) is 5.30. The molecule has 0 aliphatic heterocycles. The van der Waals surface area contributed by atoms with E-state index in [9.17, 15) is 0 Å². The molecular formula is C12H17BrS. The Labute approximate surface area is 98.9 Å². The molecule has 2 heteroatoms. The SMILES string of the molecule is CCC1(C(Br)c2cc(C)sc2C)CC1. The predicted molar refractivity (Wildman–Crippen MR) is 67.4 cm³/mol. The normalized spacial score (nSPS) is 20.9. The summed E-state index contributed by atoms with van der Waals surface area (Å²) in [5.41, 5.74) is 2.12. The van der Waals surface area contributed by atoms with E-state index in [1.165, 1.54) is 34.6 Å². The number of aryl methyl sites for hydroxylation is 2. The topological polar surface area (TPSA) is 0 Å². The Hall–Kier alpha value is 0.180. The molecule has 0 bridgehead atoms. The maximum Gasteiger partial charge on any atom is 0.0462 e. The van der Waals surface area contributed by atoms with Gasteiger partial charge in [0.2, 0.25) is 0 Å². The van der Waals surface area contributed by atoms with Crippen LogP contribution in [0.15, 0.2) is 6.07 Å². The minimum Gasteiger partial charge on any atom is -0.146 e. The molecule has 0 nitrogen and oxygen atoms in total. The first kappa shape index (κ1) is 10.7. The molecule has 1 aromatic rings. The van der Waals surface area contributed by atoms with Crippen LogP contribution in [0.5, 0.6) is 0 Å². The summed E-state index contributed by atoms with van der Waals surface area (Å²) in [4.78, 5) is 3.52. The first-order chi connectivity index (χ1) is 6.59. The third-order valence-corrected chi connectivity index (χ3v) is 5.93. The molecule has 1 aliphatic carbocycles. The van der Waals surface area contributed by atoms with E-state index in [-0.39, 0.29) is 0 Å². The minimum atomic E-state index is 0.582. The van der Waals surface area contributed by atoms with E-state index < -0.39 is 0 Å². The molecule has 1 heterocycles. The first-order valence-corrected chi connectivity index (χ1v) is 7.03. The summed E-state index contributed by atoms with van der Waals surface area (Å²) in [6, 6.07) is 2.36. The highest BCUT2D eigenvalue weighted by molar-refractivity contribution is 9.09. The van der Waals surface area contributed by atoms with E-state index in [1.54, 1.807) is 0 Å². The Morgan fingerprint density at radius 1 is 1.50 bits per heavy atom. The van der Waals surface area contributed by atoms with Gasteiger partial charge in [-0.1, -0.05) is 22.9 Å². The number of rotatable bonds is 3. The van der Waals surface area contributed by atoms with Gasteiger partial charge in [-0.2, -0.15) is 0 Å². The monoisotopic (exact) mass is 272 g/mol. The van der Waals surface area contributed by atoms with Crippen molar-refractivity contribution in [2.24, 2.45) is 5.41 Å². The fourth-order valence-electron chi connectivity index (χ4n) is 2.18. The second-order valence-corrected chi connectivity index (χ2v) is 6.82. The van der Waals surface area contributed by atoms with Crippen LogP contribution in [0, 0.1) is 19.3 Å². The van der Waals surface area contributed by atoms with E-state index in [1.807, 2.05) is 11.3 Å². The van der Waals surface area contributed by atoms with E-state index >= 15 is 0 Å². The molecule has 14 heavy (non-hydrogen) atoms. The number of thiophene rings is 1. The van der Waals surface area contributed by atoms with Crippen LogP contribution in [0.2, 0.25) is 0 Å². The van der Waals surface area contributed by atoms with E-state index in [2.05, 4.69) is 42.8 Å². The standard InChI is InChI=1S/C12H17BrS/c1-4-12(5-6-12)11(13)10-7-8(2)14-9(10)3/h7,11H,4-6H2,1-3H3. The average molecular weight is 273 g/mol. The van der Waals surface area contributed by atoms with Crippen molar-refractivity contribution < 1.29 is 0 Å². The van der Waals surface area contributed by atoms with Crippen LogP contribution in [0.3, 0.4) is 0 Å². The van der Waals surface area contributed by atoms with Crippen LogP contribution in [0.4, 0.5) is 0 Å². The zero-order valence-corrected chi connectivity index (χ0v) is 11.5. The summed E-state index contributed by atoms with van der Waals surface area (Å²) in [5, 5.41) is 0. The van der Waals surface area contributed by atoms with Gasteiger partial charge in [0.25, 0.3) is 0 Å². The van der Waals surface area contributed by atoms with Gasteiger partial charge in [-0.25, -0.2) is 0 Å². The second kappa shape index (κ2) is 3.64. The van der Waals surface area contributed by atoms with Crippen molar-refractivity contribution in [3.8, 4) is 0 Å². The average Bonchev–Trinajstić information content (AvgIpc) is 2.87. The Bertz CT molecular complexity index is 336. The van der Waals surface area contributed by atoms with Gasteiger partial charge in [0.15, 0.2) is 0 Å². The van der Waals surface area contributed by atoms with Gasteiger partial charge >= 0.3 is 0 Å². The Kier molecular flexibility index (Phi) is 2.78.